The summed E-state index contributed by atoms with van der Waals surface area (Å²) in [6.45, 7) is -0.454. The van der Waals surface area contributed by atoms with Crippen molar-refractivity contribution in [1.82, 2.24) is 10.3 Å². The second-order valence-electron chi connectivity index (χ2n) is 3.09. The third-order valence-corrected chi connectivity index (χ3v) is 1.74. The van der Waals surface area contributed by atoms with Crippen molar-refractivity contribution in [2.24, 2.45) is 0 Å². The van der Waals surface area contributed by atoms with Crippen LogP contribution in [0.4, 0.5) is 19.0 Å². The summed E-state index contributed by atoms with van der Waals surface area (Å²) in [4.78, 5) is 15.0. The largest absolute Gasteiger partial charge is 0.390 e. The maximum absolute atomic E-state index is 11.8. The molecule has 0 fully saturated rings. The predicted octanol–water partition coefficient (Wildman–Crippen LogP) is 1.35. The maximum atomic E-state index is 11.8. The maximum Gasteiger partial charge on any atom is 0.390 e. The molecule has 4 nitrogen and oxygen atoms in total. The van der Waals surface area contributed by atoms with E-state index in [2.05, 4.69) is 10.3 Å². The van der Waals surface area contributed by atoms with E-state index in [9.17, 15) is 18.0 Å². The Hall–Kier alpha value is -1.79. The van der Waals surface area contributed by atoms with Gasteiger partial charge in [0.25, 0.3) is 5.91 Å². The standard InChI is InChI=1S/C9H10F3N3O/c10-9(11,12)2-4-15-8(16)6-1-3-14-7(13)5-6/h1,3,5H,2,4H2,(H2,13,14)(H,15,16). The Bertz CT molecular complexity index is 379. The molecule has 3 N–H and O–H groups in total. The average molecular weight is 233 g/mol. The van der Waals surface area contributed by atoms with Crippen molar-refractivity contribution < 1.29 is 18.0 Å². The SMILES string of the molecule is Nc1cc(C(=O)NCCC(F)(F)F)ccn1. The van der Waals surface area contributed by atoms with Crippen molar-refractivity contribution in [3.05, 3.63) is 23.9 Å². The van der Waals surface area contributed by atoms with Crippen LogP contribution in [0, 0.1) is 0 Å². The van der Waals surface area contributed by atoms with Gasteiger partial charge in [0, 0.05) is 18.3 Å². The summed E-state index contributed by atoms with van der Waals surface area (Å²) in [6.07, 6.45) is -4.02. The van der Waals surface area contributed by atoms with Gasteiger partial charge in [0.15, 0.2) is 0 Å². The lowest BCUT2D eigenvalue weighted by molar-refractivity contribution is -0.132. The quantitative estimate of drug-likeness (QED) is 0.827. The Morgan fingerprint density at radius 2 is 2.19 bits per heavy atom. The van der Waals surface area contributed by atoms with E-state index in [0.29, 0.717) is 0 Å². The van der Waals surface area contributed by atoms with E-state index in [4.69, 9.17) is 5.73 Å². The number of nitrogens with one attached hydrogen (secondary N) is 1. The van der Waals surface area contributed by atoms with Crippen LogP contribution in [0.5, 0.6) is 0 Å². The molecule has 0 aliphatic heterocycles. The normalized spacial score (nSPS) is 11.2. The van der Waals surface area contributed by atoms with Crippen LogP contribution in [0.2, 0.25) is 0 Å². The molecule has 0 saturated heterocycles. The number of anilines is 1. The molecule has 0 bridgehead atoms. The lowest BCUT2D eigenvalue weighted by Gasteiger charge is -2.07. The fourth-order valence-electron chi connectivity index (χ4n) is 1.01. The summed E-state index contributed by atoms with van der Waals surface area (Å²) < 4.78 is 35.4. The number of nitrogen functional groups attached to an aromatic ring is 1. The molecule has 0 saturated carbocycles. The summed E-state index contributed by atoms with van der Waals surface area (Å²) in [5, 5.41) is 2.14. The van der Waals surface area contributed by atoms with Crippen LogP contribution in [0.25, 0.3) is 0 Å². The first-order chi connectivity index (χ1) is 7.38. The summed E-state index contributed by atoms with van der Waals surface area (Å²) in [5.41, 5.74) is 5.51. The van der Waals surface area contributed by atoms with Crippen LogP contribution < -0.4 is 11.1 Å². The van der Waals surface area contributed by atoms with E-state index in [0.717, 1.165) is 0 Å². The Labute approximate surface area is 89.7 Å². The molecular weight excluding hydrogens is 223 g/mol. The van der Waals surface area contributed by atoms with Crippen LogP contribution in [0.1, 0.15) is 16.8 Å². The first-order valence-electron chi connectivity index (χ1n) is 4.45. The molecule has 88 valence electrons. The summed E-state index contributed by atoms with van der Waals surface area (Å²) in [7, 11) is 0. The zero-order valence-electron chi connectivity index (χ0n) is 8.21. The average Bonchev–Trinajstić information content (AvgIpc) is 2.15. The van der Waals surface area contributed by atoms with E-state index in [1.807, 2.05) is 0 Å². The highest BCUT2D eigenvalue weighted by Crippen LogP contribution is 2.18. The number of rotatable bonds is 3. The van der Waals surface area contributed by atoms with E-state index < -0.39 is 25.0 Å². The summed E-state index contributed by atoms with van der Waals surface area (Å²) in [6, 6.07) is 2.67. The van der Waals surface area contributed by atoms with Crippen LogP contribution >= 0.6 is 0 Å². The number of carbonyl (C=O) groups is 1. The number of nitrogens with zero attached hydrogens (tertiary/aromatic N) is 1. The molecule has 7 heteroatoms. The zero-order chi connectivity index (χ0) is 12.2. The minimum Gasteiger partial charge on any atom is -0.384 e. The van der Waals surface area contributed by atoms with Gasteiger partial charge in [-0.05, 0) is 12.1 Å². The molecule has 16 heavy (non-hydrogen) atoms. The lowest BCUT2D eigenvalue weighted by atomic mass is 10.2. The number of pyridine rings is 1. The van der Waals surface area contributed by atoms with Crippen LogP contribution in [0.15, 0.2) is 18.3 Å². The number of nitrogens with two attached hydrogens (primary N) is 1. The van der Waals surface area contributed by atoms with Crippen LogP contribution in [0.3, 0.4) is 0 Å². The van der Waals surface area contributed by atoms with Gasteiger partial charge in [-0.15, -0.1) is 0 Å². The number of carbonyl (C=O) groups excluding carboxylic acids is 1. The van der Waals surface area contributed by atoms with E-state index in [1.54, 1.807) is 0 Å². The van der Waals surface area contributed by atoms with E-state index in [-0.39, 0.29) is 11.4 Å². The Morgan fingerprint density at radius 1 is 1.50 bits per heavy atom. The van der Waals surface area contributed by atoms with Gasteiger partial charge in [0.2, 0.25) is 0 Å². The number of aromatic nitrogens is 1. The second kappa shape index (κ2) is 4.82. The van der Waals surface area contributed by atoms with Gasteiger partial charge in [-0.1, -0.05) is 0 Å². The molecule has 1 aromatic heterocycles. The Balaban J connectivity index is 2.47. The van der Waals surface area contributed by atoms with Crippen molar-refractivity contribution in [2.45, 2.75) is 12.6 Å². The molecule has 1 rings (SSSR count). The topological polar surface area (TPSA) is 68.0 Å². The molecule has 0 aliphatic carbocycles. The van der Waals surface area contributed by atoms with E-state index >= 15 is 0 Å². The number of hydrogen-bond donors (Lipinski definition) is 2. The van der Waals surface area contributed by atoms with Crippen molar-refractivity contribution in [3.63, 3.8) is 0 Å². The highest BCUT2D eigenvalue weighted by molar-refractivity contribution is 5.94. The molecule has 0 radical (unpaired) electrons. The van der Waals surface area contributed by atoms with Crippen molar-refractivity contribution >= 4 is 11.7 Å². The van der Waals surface area contributed by atoms with Crippen LogP contribution in [-0.4, -0.2) is 23.6 Å². The number of amides is 1. The predicted molar refractivity (Wildman–Crippen MR) is 51.7 cm³/mol. The monoisotopic (exact) mass is 233 g/mol. The number of hydrogen-bond acceptors (Lipinski definition) is 3. The molecule has 0 aliphatic rings. The first kappa shape index (κ1) is 12.3. The van der Waals surface area contributed by atoms with Gasteiger partial charge >= 0.3 is 6.18 Å². The highest BCUT2D eigenvalue weighted by atomic mass is 19.4. The third kappa shape index (κ3) is 4.16. The molecule has 1 heterocycles. The van der Waals surface area contributed by atoms with E-state index in [1.165, 1.54) is 18.3 Å². The van der Waals surface area contributed by atoms with Crippen molar-refractivity contribution in [1.29, 1.82) is 0 Å². The highest BCUT2D eigenvalue weighted by Gasteiger charge is 2.26. The fourth-order valence-corrected chi connectivity index (χ4v) is 1.01. The summed E-state index contributed by atoms with van der Waals surface area (Å²) in [5.74, 6) is -0.457. The lowest BCUT2D eigenvalue weighted by Crippen LogP contribution is -2.28. The Morgan fingerprint density at radius 3 is 2.75 bits per heavy atom. The first-order valence-corrected chi connectivity index (χ1v) is 4.45. The molecule has 0 atom stereocenters. The summed E-state index contributed by atoms with van der Waals surface area (Å²) >= 11 is 0. The second-order valence-corrected chi connectivity index (χ2v) is 3.09. The molecular formula is C9H10F3N3O. The third-order valence-electron chi connectivity index (χ3n) is 1.74. The molecule has 1 aromatic rings. The fraction of sp³-hybridized carbons (Fsp3) is 0.333. The van der Waals surface area contributed by atoms with Crippen molar-refractivity contribution in [3.8, 4) is 0 Å². The van der Waals surface area contributed by atoms with Crippen LogP contribution in [-0.2, 0) is 0 Å². The van der Waals surface area contributed by atoms with Gasteiger partial charge in [-0.25, -0.2) is 4.98 Å². The Kier molecular flexibility index (Phi) is 3.70. The molecule has 1 amide bonds. The van der Waals surface area contributed by atoms with Gasteiger partial charge in [-0.2, -0.15) is 13.2 Å². The van der Waals surface area contributed by atoms with Gasteiger partial charge in [0.1, 0.15) is 5.82 Å². The number of halogens is 3. The molecule has 0 spiro atoms. The van der Waals surface area contributed by atoms with Gasteiger partial charge < -0.3 is 11.1 Å². The molecule has 0 aromatic carbocycles. The molecule has 0 unspecified atom stereocenters. The number of alkyl halides is 3. The smallest absolute Gasteiger partial charge is 0.384 e. The zero-order valence-corrected chi connectivity index (χ0v) is 8.21. The van der Waals surface area contributed by atoms with Gasteiger partial charge in [-0.3, -0.25) is 4.79 Å². The van der Waals surface area contributed by atoms with Crippen molar-refractivity contribution in [2.75, 3.05) is 12.3 Å². The minimum absolute atomic E-state index is 0.142. The van der Waals surface area contributed by atoms with Gasteiger partial charge in [0.05, 0.1) is 6.42 Å². The minimum atomic E-state index is -4.27.